The summed E-state index contributed by atoms with van der Waals surface area (Å²) in [4.78, 5) is 10.5. The van der Waals surface area contributed by atoms with E-state index < -0.39 is 23.5 Å². The topological polar surface area (TPSA) is 104 Å². The van der Waals surface area contributed by atoms with E-state index in [1.165, 1.54) is 0 Å². The molecule has 14 heavy (non-hydrogen) atoms. The van der Waals surface area contributed by atoms with Crippen LogP contribution in [0.15, 0.2) is 12.1 Å². The molecule has 0 heterocycles. The SMILES string of the molecule is NC(C(=O)O)c1cc(O)c(O)cc1Cl. The van der Waals surface area contributed by atoms with Crippen molar-refractivity contribution in [2.24, 2.45) is 5.73 Å². The van der Waals surface area contributed by atoms with E-state index >= 15 is 0 Å². The van der Waals surface area contributed by atoms with Crippen molar-refractivity contribution in [3.8, 4) is 11.5 Å². The molecule has 0 aliphatic rings. The summed E-state index contributed by atoms with van der Waals surface area (Å²) in [7, 11) is 0. The highest BCUT2D eigenvalue weighted by molar-refractivity contribution is 6.31. The van der Waals surface area contributed by atoms with E-state index in [2.05, 4.69) is 0 Å². The lowest BCUT2D eigenvalue weighted by Crippen LogP contribution is -2.20. The fourth-order valence-electron chi connectivity index (χ4n) is 0.939. The second kappa shape index (κ2) is 3.73. The summed E-state index contributed by atoms with van der Waals surface area (Å²) in [6.07, 6.45) is 0. The number of carbonyl (C=O) groups is 1. The normalized spacial score (nSPS) is 12.4. The molecule has 0 bridgehead atoms. The summed E-state index contributed by atoms with van der Waals surface area (Å²) >= 11 is 5.63. The third kappa shape index (κ3) is 1.89. The smallest absolute Gasteiger partial charge is 0.325 e. The van der Waals surface area contributed by atoms with Crippen LogP contribution in [0.3, 0.4) is 0 Å². The predicted molar refractivity (Wildman–Crippen MR) is 49.3 cm³/mol. The Labute approximate surface area is 84.3 Å². The molecule has 1 atom stereocenters. The molecule has 1 aromatic rings. The van der Waals surface area contributed by atoms with Crippen LogP contribution in [0, 0.1) is 0 Å². The molecule has 0 aliphatic heterocycles. The molecule has 6 heteroatoms. The number of benzene rings is 1. The second-order valence-corrected chi connectivity index (χ2v) is 3.09. The second-order valence-electron chi connectivity index (χ2n) is 2.68. The summed E-state index contributed by atoms with van der Waals surface area (Å²) in [5.74, 6) is -2.14. The minimum absolute atomic E-state index is 0.00444. The molecular weight excluding hydrogens is 210 g/mol. The van der Waals surface area contributed by atoms with Crippen molar-refractivity contribution in [1.29, 1.82) is 0 Å². The number of aliphatic carboxylic acids is 1. The van der Waals surface area contributed by atoms with Gasteiger partial charge in [0.05, 0.1) is 0 Å². The van der Waals surface area contributed by atoms with Gasteiger partial charge in [0.15, 0.2) is 11.5 Å². The van der Waals surface area contributed by atoms with Gasteiger partial charge in [-0.05, 0) is 6.07 Å². The zero-order valence-electron chi connectivity index (χ0n) is 6.94. The summed E-state index contributed by atoms with van der Waals surface area (Å²) < 4.78 is 0. The zero-order chi connectivity index (χ0) is 10.9. The average molecular weight is 218 g/mol. The van der Waals surface area contributed by atoms with E-state index in [4.69, 9.17) is 32.7 Å². The number of halogens is 1. The Bertz CT molecular complexity index is 380. The molecule has 0 fully saturated rings. The molecule has 0 saturated carbocycles. The minimum atomic E-state index is -1.33. The van der Waals surface area contributed by atoms with Gasteiger partial charge in [0.2, 0.25) is 0 Å². The van der Waals surface area contributed by atoms with Gasteiger partial charge >= 0.3 is 5.97 Å². The minimum Gasteiger partial charge on any atom is -0.504 e. The zero-order valence-corrected chi connectivity index (χ0v) is 7.69. The summed E-state index contributed by atoms with van der Waals surface area (Å²) in [5.41, 5.74) is 5.33. The number of phenols is 2. The van der Waals surface area contributed by atoms with Crippen LogP contribution in [0.1, 0.15) is 11.6 Å². The van der Waals surface area contributed by atoms with Crippen molar-refractivity contribution in [2.45, 2.75) is 6.04 Å². The molecule has 5 N–H and O–H groups in total. The van der Waals surface area contributed by atoms with Crippen LogP contribution in [0.4, 0.5) is 0 Å². The standard InChI is InChI=1S/C8H8ClNO4/c9-4-2-6(12)5(11)1-3(4)7(10)8(13)14/h1-2,7,11-12H,10H2,(H,13,14). The molecule has 0 saturated heterocycles. The van der Waals surface area contributed by atoms with Gasteiger partial charge in [0.25, 0.3) is 0 Å². The summed E-state index contributed by atoms with van der Waals surface area (Å²) in [6.45, 7) is 0. The maximum absolute atomic E-state index is 10.5. The highest BCUT2D eigenvalue weighted by Crippen LogP contribution is 2.33. The molecule has 1 rings (SSSR count). The van der Waals surface area contributed by atoms with Crippen molar-refractivity contribution in [1.82, 2.24) is 0 Å². The van der Waals surface area contributed by atoms with E-state index in [9.17, 15) is 4.79 Å². The van der Waals surface area contributed by atoms with Gasteiger partial charge in [0.1, 0.15) is 6.04 Å². The fraction of sp³-hybridized carbons (Fsp3) is 0.125. The van der Waals surface area contributed by atoms with E-state index in [1.54, 1.807) is 0 Å². The largest absolute Gasteiger partial charge is 0.504 e. The third-order valence-corrected chi connectivity index (χ3v) is 2.02. The molecular formula is C8H8ClNO4. The highest BCUT2D eigenvalue weighted by atomic mass is 35.5. The lowest BCUT2D eigenvalue weighted by atomic mass is 10.1. The van der Waals surface area contributed by atoms with Crippen molar-refractivity contribution in [3.63, 3.8) is 0 Å². The number of hydrogen-bond donors (Lipinski definition) is 4. The number of phenolic OH excluding ortho intramolecular Hbond substituents is 2. The van der Waals surface area contributed by atoms with Gasteiger partial charge in [-0.3, -0.25) is 4.79 Å². The van der Waals surface area contributed by atoms with Gasteiger partial charge in [-0.15, -0.1) is 0 Å². The monoisotopic (exact) mass is 217 g/mol. The Hall–Kier alpha value is -1.46. The highest BCUT2D eigenvalue weighted by Gasteiger charge is 2.19. The molecule has 0 radical (unpaired) electrons. The Morgan fingerprint density at radius 2 is 1.86 bits per heavy atom. The molecule has 0 spiro atoms. The molecule has 1 aromatic carbocycles. The number of aromatic hydroxyl groups is 2. The van der Waals surface area contributed by atoms with Crippen LogP contribution in [0.2, 0.25) is 5.02 Å². The predicted octanol–water partition coefficient (Wildman–Crippen LogP) is 0.836. The molecule has 1 unspecified atom stereocenters. The Morgan fingerprint density at radius 1 is 1.36 bits per heavy atom. The fourth-order valence-corrected chi connectivity index (χ4v) is 1.21. The Morgan fingerprint density at radius 3 is 2.36 bits per heavy atom. The molecule has 76 valence electrons. The average Bonchev–Trinajstić information content (AvgIpc) is 2.10. The van der Waals surface area contributed by atoms with E-state index in [0.717, 1.165) is 12.1 Å². The van der Waals surface area contributed by atoms with Crippen LogP contribution in [0.25, 0.3) is 0 Å². The number of nitrogens with two attached hydrogens (primary N) is 1. The van der Waals surface area contributed by atoms with Crippen LogP contribution in [-0.2, 0) is 4.79 Å². The van der Waals surface area contributed by atoms with E-state index in [1.807, 2.05) is 0 Å². The van der Waals surface area contributed by atoms with Crippen LogP contribution in [0.5, 0.6) is 11.5 Å². The van der Waals surface area contributed by atoms with Crippen molar-refractivity contribution in [3.05, 3.63) is 22.7 Å². The molecule has 5 nitrogen and oxygen atoms in total. The Balaban J connectivity index is 3.22. The van der Waals surface area contributed by atoms with Gasteiger partial charge in [-0.2, -0.15) is 0 Å². The first-order chi connectivity index (χ1) is 6.43. The molecule has 0 amide bonds. The van der Waals surface area contributed by atoms with Crippen molar-refractivity contribution >= 4 is 17.6 Å². The maximum Gasteiger partial charge on any atom is 0.325 e. The van der Waals surface area contributed by atoms with Crippen LogP contribution in [-0.4, -0.2) is 21.3 Å². The van der Waals surface area contributed by atoms with Gasteiger partial charge < -0.3 is 21.1 Å². The van der Waals surface area contributed by atoms with Gasteiger partial charge in [-0.1, -0.05) is 11.6 Å². The number of carboxylic acid groups (broad SMARTS) is 1. The van der Waals surface area contributed by atoms with E-state index in [-0.39, 0.29) is 10.6 Å². The van der Waals surface area contributed by atoms with E-state index in [0.29, 0.717) is 0 Å². The quantitative estimate of drug-likeness (QED) is 0.550. The van der Waals surface area contributed by atoms with Crippen LogP contribution >= 0.6 is 11.6 Å². The van der Waals surface area contributed by atoms with Gasteiger partial charge in [0, 0.05) is 16.7 Å². The maximum atomic E-state index is 10.5. The number of carboxylic acids is 1. The molecule has 0 aromatic heterocycles. The van der Waals surface area contributed by atoms with Gasteiger partial charge in [-0.25, -0.2) is 0 Å². The third-order valence-electron chi connectivity index (χ3n) is 1.69. The van der Waals surface area contributed by atoms with Crippen molar-refractivity contribution in [2.75, 3.05) is 0 Å². The molecule has 0 aliphatic carbocycles. The first kappa shape index (κ1) is 10.6. The van der Waals surface area contributed by atoms with Crippen molar-refractivity contribution < 1.29 is 20.1 Å². The number of rotatable bonds is 2. The Kier molecular flexibility index (Phi) is 2.83. The first-order valence-corrected chi connectivity index (χ1v) is 4.01. The van der Waals surface area contributed by atoms with Crippen LogP contribution < -0.4 is 5.73 Å². The summed E-state index contributed by atoms with van der Waals surface area (Å²) in [6, 6.07) is 0.736. The number of hydrogen-bond acceptors (Lipinski definition) is 4. The summed E-state index contributed by atoms with van der Waals surface area (Å²) in [5, 5.41) is 26.7. The first-order valence-electron chi connectivity index (χ1n) is 3.63. The lowest BCUT2D eigenvalue weighted by molar-refractivity contribution is -0.138. The lowest BCUT2D eigenvalue weighted by Gasteiger charge is -2.10.